The normalized spacial score (nSPS) is 11.8. The number of aliphatic hydroxyl groups is 2. The first kappa shape index (κ1) is 14.7. The fourth-order valence-corrected chi connectivity index (χ4v) is 1.44. The minimum absolute atomic E-state index is 0.338. The Kier molecular flexibility index (Phi) is 5.34. The molecule has 0 aliphatic heterocycles. The number of carbonyl (C=O) groups excluding carboxylic acids is 1. The largest absolute Gasteiger partial charge is 0.394 e. The van der Waals surface area contributed by atoms with E-state index in [0.717, 1.165) is 5.56 Å². The summed E-state index contributed by atoms with van der Waals surface area (Å²) in [6, 6.07) is 7.12. The van der Waals surface area contributed by atoms with E-state index in [0.29, 0.717) is 5.02 Å². The summed E-state index contributed by atoms with van der Waals surface area (Å²) in [5.74, 6) is -0.402. The molecule has 0 fully saturated rings. The van der Waals surface area contributed by atoms with Crippen molar-refractivity contribution in [3.05, 3.63) is 40.9 Å². The molecular weight excluding hydrogens is 254 g/mol. The third kappa shape index (κ3) is 4.14. The SMILES string of the molecule is CC(CO)(CO)NC(=O)/C=C/c1ccccc1Cl. The Morgan fingerprint density at radius 1 is 1.39 bits per heavy atom. The number of benzene rings is 1. The van der Waals surface area contributed by atoms with Gasteiger partial charge >= 0.3 is 0 Å². The van der Waals surface area contributed by atoms with Gasteiger partial charge in [0.1, 0.15) is 0 Å². The van der Waals surface area contributed by atoms with Gasteiger partial charge in [-0.1, -0.05) is 29.8 Å². The zero-order chi connectivity index (χ0) is 13.6. The van der Waals surface area contributed by atoms with Crippen molar-refractivity contribution in [3.63, 3.8) is 0 Å². The lowest BCUT2D eigenvalue weighted by molar-refractivity contribution is -0.119. The van der Waals surface area contributed by atoms with Crippen LogP contribution in [0.25, 0.3) is 6.08 Å². The van der Waals surface area contributed by atoms with Crippen molar-refractivity contribution in [2.24, 2.45) is 0 Å². The molecule has 0 atom stereocenters. The first-order chi connectivity index (χ1) is 8.50. The summed E-state index contributed by atoms with van der Waals surface area (Å²) < 4.78 is 0. The molecule has 0 saturated heterocycles. The Bertz CT molecular complexity index is 442. The molecule has 3 N–H and O–H groups in total. The summed E-state index contributed by atoms with van der Waals surface area (Å²) in [7, 11) is 0. The highest BCUT2D eigenvalue weighted by molar-refractivity contribution is 6.32. The van der Waals surface area contributed by atoms with Gasteiger partial charge in [-0.05, 0) is 24.6 Å². The van der Waals surface area contributed by atoms with Crippen LogP contribution < -0.4 is 5.32 Å². The summed E-state index contributed by atoms with van der Waals surface area (Å²) in [5, 5.41) is 21.2. The average molecular weight is 270 g/mol. The molecule has 0 bridgehead atoms. The standard InChI is InChI=1S/C13H16ClNO3/c1-13(8-16,9-17)15-12(18)7-6-10-4-2-3-5-11(10)14/h2-7,16-17H,8-9H2,1H3,(H,15,18)/b7-6+. The minimum atomic E-state index is -1.03. The van der Waals surface area contributed by atoms with Crippen molar-refractivity contribution in [1.82, 2.24) is 5.32 Å². The molecule has 0 aromatic heterocycles. The average Bonchev–Trinajstić information content (AvgIpc) is 2.37. The zero-order valence-corrected chi connectivity index (χ0v) is 10.8. The quantitative estimate of drug-likeness (QED) is 0.704. The van der Waals surface area contributed by atoms with Gasteiger partial charge in [0.15, 0.2) is 0 Å². The van der Waals surface area contributed by atoms with Gasteiger partial charge in [0.05, 0.1) is 18.8 Å². The van der Waals surface area contributed by atoms with Crippen LogP contribution in [0.1, 0.15) is 12.5 Å². The first-order valence-corrected chi connectivity index (χ1v) is 5.85. The zero-order valence-electron chi connectivity index (χ0n) is 10.1. The molecular formula is C13H16ClNO3. The van der Waals surface area contributed by atoms with Crippen molar-refractivity contribution in [2.75, 3.05) is 13.2 Å². The molecule has 0 unspecified atom stereocenters. The van der Waals surface area contributed by atoms with Crippen molar-refractivity contribution in [2.45, 2.75) is 12.5 Å². The summed E-state index contributed by atoms with van der Waals surface area (Å²) in [4.78, 5) is 11.6. The molecule has 1 aromatic rings. The third-order valence-corrected chi connectivity index (χ3v) is 2.79. The van der Waals surface area contributed by atoms with Gasteiger partial charge in [-0.2, -0.15) is 0 Å². The van der Waals surface area contributed by atoms with Crippen LogP contribution in [0, 0.1) is 0 Å². The highest BCUT2D eigenvalue weighted by Gasteiger charge is 2.23. The van der Waals surface area contributed by atoms with Crippen LogP contribution in [0.15, 0.2) is 30.3 Å². The van der Waals surface area contributed by atoms with E-state index in [1.807, 2.05) is 6.07 Å². The van der Waals surface area contributed by atoms with Gasteiger partial charge in [-0.3, -0.25) is 4.79 Å². The lowest BCUT2D eigenvalue weighted by atomic mass is 10.1. The lowest BCUT2D eigenvalue weighted by Crippen LogP contribution is -2.51. The number of hydrogen-bond donors (Lipinski definition) is 3. The molecule has 5 heteroatoms. The van der Waals surface area contributed by atoms with E-state index < -0.39 is 11.4 Å². The maximum Gasteiger partial charge on any atom is 0.244 e. The Labute approximate surface area is 111 Å². The molecule has 0 heterocycles. The van der Waals surface area contributed by atoms with Crippen LogP contribution in [0.2, 0.25) is 5.02 Å². The highest BCUT2D eigenvalue weighted by atomic mass is 35.5. The second-order valence-electron chi connectivity index (χ2n) is 4.22. The topological polar surface area (TPSA) is 69.6 Å². The first-order valence-electron chi connectivity index (χ1n) is 5.47. The molecule has 0 spiro atoms. The smallest absolute Gasteiger partial charge is 0.244 e. The monoisotopic (exact) mass is 269 g/mol. The van der Waals surface area contributed by atoms with Gasteiger partial charge in [-0.15, -0.1) is 0 Å². The van der Waals surface area contributed by atoms with Crippen molar-refractivity contribution in [1.29, 1.82) is 0 Å². The van der Waals surface area contributed by atoms with E-state index in [9.17, 15) is 4.79 Å². The third-order valence-electron chi connectivity index (χ3n) is 2.44. The van der Waals surface area contributed by atoms with Gasteiger partial charge in [0.2, 0.25) is 5.91 Å². The van der Waals surface area contributed by atoms with Gasteiger partial charge < -0.3 is 15.5 Å². The molecule has 0 aliphatic carbocycles. The van der Waals surface area contributed by atoms with Crippen LogP contribution >= 0.6 is 11.6 Å². The van der Waals surface area contributed by atoms with Crippen molar-refractivity contribution >= 4 is 23.6 Å². The number of hydrogen-bond acceptors (Lipinski definition) is 3. The molecule has 1 rings (SSSR count). The lowest BCUT2D eigenvalue weighted by Gasteiger charge is -2.25. The second-order valence-corrected chi connectivity index (χ2v) is 4.63. The summed E-state index contributed by atoms with van der Waals surface area (Å²) in [5.41, 5.74) is -0.300. The maximum atomic E-state index is 11.6. The Hall–Kier alpha value is -1.36. The predicted molar refractivity (Wildman–Crippen MR) is 71.2 cm³/mol. The number of aliphatic hydroxyl groups excluding tert-OH is 2. The van der Waals surface area contributed by atoms with Crippen LogP contribution in [0.3, 0.4) is 0 Å². The summed E-state index contributed by atoms with van der Waals surface area (Å²) in [6.07, 6.45) is 2.89. The molecule has 4 nitrogen and oxygen atoms in total. The van der Waals surface area contributed by atoms with E-state index >= 15 is 0 Å². The number of nitrogens with one attached hydrogen (secondary N) is 1. The molecule has 1 amide bonds. The Morgan fingerprint density at radius 2 is 2.00 bits per heavy atom. The molecule has 0 aliphatic rings. The number of amides is 1. The van der Waals surface area contributed by atoms with E-state index in [1.165, 1.54) is 6.08 Å². The van der Waals surface area contributed by atoms with Crippen LogP contribution in [-0.4, -0.2) is 34.9 Å². The number of rotatable bonds is 5. The van der Waals surface area contributed by atoms with Gasteiger partial charge in [0, 0.05) is 11.1 Å². The van der Waals surface area contributed by atoms with Crippen LogP contribution in [-0.2, 0) is 4.79 Å². The fourth-order valence-electron chi connectivity index (χ4n) is 1.24. The van der Waals surface area contributed by atoms with Crippen molar-refractivity contribution < 1.29 is 15.0 Å². The minimum Gasteiger partial charge on any atom is -0.394 e. The van der Waals surface area contributed by atoms with Crippen LogP contribution in [0.4, 0.5) is 0 Å². The van der Waals surface area contributed by atoms with Gasteiger partial charge in [0.25, 0.3) is 0 Å². The summed E-state index contributed by atoms with van der Waals surface area (Å²) in [6.45, 7) is 0.874. The molecule has 98 valence electrons. The molecule has 18 heavy (non-hydrogen) atoms. The number of halogens is 1. The van der Waals surface area contributed by atoms with E-state index in [-0.39, 0.29) is 13.2 Å². The van der Waals surface area contributed by atoms with Gasteiger partial charge in [-0.25, -0.2) is 0 Å². The Morgan fingerprint density at radius 3 is 2.56 bits per heavy atom. The predicted octanol–water partition coefficient (Wildman–Crippen LogP) is 1.21. The van der Waals surface area contributed by atoms with E-state index in [4.69, 9.17) is 21.8 Å². The highest BCUT2D eigenvalue weighted by Crippen LogP contribution is 2.16. The van der Waals surface area contributed by atoms with E-state index in [2.05, 4.69) is 5.32 Å². The molecule has 1 aromatic carbocycles. The molecule has 0 radical (unpaired) electrons. The van der Waals surface area contributed by atoms with E-state index in [1.54, 1.807) is 31.2 Å². The van der Waals surface area contributed by atoms with Crippen LogP contribution in [0.5, 0.6) is 0 Å². The molecule has 0 saturated carbocycles. The maximum absolute atomic E-state index is 11.6. The fraction of sp³-hybridized carbons (Fsp3) is 0.308. The number of carbonyl (C=O) groups is 1. The second kappa shape index (κ2) is 6.54. The summed E-state index contributed by atoms with van der Waals surface area (Å²) >= 11 is 5.93. The Balaban J connectivity index is 2.68. The van der Waals surface area contributed by atoms with Crippen molar-refractivity contribution in [3.8, 4) is 0 Å².